The quantitative estimate of drug-likeness (QED) is 0.539. The van der Waals surface area contributed by atoms with Gasteiger partial charge in [0.1, 0.15) is 16.3 Å². The number of likely N-dealkylation sites (tertiary alicyclic amines) is 1. The van der Waals surface area contributed by atoms with E-state index in [0.717, 1.165) is 24.2 Å². The number of amides is 1. The van der Waals surface area contributed by atoms with Gasteiger partial charge in [0, 0.05) is 63.1 Å². The zero-order valence-corrected chi connectivity index (χ0v) is 21.6. The van der Waals surface area contributed by atoms with E-state index in [1.165, 1.54) is 11.5 Å². The Morgan fingerprint density at radius 2 is 1.80 bits per heavy atom. The number of piperidine rings is 1. The summed E-state index contributed by atoms with van der Waals surface area (Å²) in [6.07, 6.45) is 1.63. The van der Waals surface area contributed by atoms with Crippen LogP contribution in [0.15, 0.2) is 17.0 Å². The Labute approximate surface area is 207 Å². The van der Waals surface area contributed by atoms with Crippen LogP contribution in [0.4, 0.5) is 13.9 Å². The third kappa shape index (κ3) is 5.26. The van der Waals surface area contributed by atoms with E-state index in [-0.39, 0.29) is 11.9 Å². The maximum absolute atomic E-state index is 14.4. The van der Waals surface area contributed by atoms with Crippen LogP contribution >= 0.6 is 11.5 Å². The van der Waals surface area contributed by atoms with Crippen LogP contribution in [0.1, 0.15) is 38.9 Å². The minimum absolute atomic E-state index is 0.00403. The summed E-state index contributed by atoms with van der Waals surface area (Å²) in [5, 5.41) is 0.813. The number of sulfone groups is 1. The van der Waals surface area contributed by atoms with Crippen LogP contribution in [0.25, 0.3) is 0 Å². The van der Waals surface area contributed by atoms with Crippen LogP contribution < -0.4 is 9.64 Å². The maximum Gasteiger partial charge on any atom is 0.263 e. The molecule has 1 atom stereocenters. The van der Waals surface area contributed by atoms with E-state index in [2.05, 4.69) is 14.3 Å². The summed E-state index contributed by atoms with van der Waals surface area (Å²) in [4.78, 5) is 20.7. The summed E-state index contributed by atoms with van der Waals surface area (Å²) in [6.45, 7) is 5.67. The van der Waals surface area contributed by atoms with Gasteiger partial charge in [0.15, 0.2) is 33.3 Å². The molecule has 3 heterocycles. The summed E-state index contributed by atoms with van der Waals surface area (Å²) >= 11 is 1.32. The minimum atomic E-state index is -3.93. The van der Waals surface area contributed by atoms with Crippen molar-refractivity contribution < 1.29 is 31.5 Å². The summed E-state index contributed by atoms with van der Waals surface area (Å²) in [5.74, 6) is -2.27. The first kappa shape index (κ1) is 25.7. The van der Waals surface area contributed by atoms with E-state index in [4.69, 9.17) is 9.47 Å². The molecule has 2 aliphatic rings. The van der Waals surface area contributed by atoms with Crippen molar-refractivity contribution in [3.63, 3.8) is 0 Å². The number of halogens is 2. The highest BCUT2D eigenvalue weighted by Crippen LogP contribution is 2.32. The van der Waals surface area contributed by atoms with Crippen molar-refractivity contribution in [2.45, 2.75) is 55.8 Å². The lowest BCUT2D eigenvalue weighted by atomic mass is 10.0. The molecule has 1 aromatic carbocycles. The van der Waals surface area contributed by atoms with Crippen molar-refractivity contribution in [2.24, 2.45) is 0 Å². The van der Waals surface area contributed by atoms with Gasteiger partial charge in [-0.2, -0.15) is 4.37 Å². The number of anilines is 1. The van der Waals surface area contributed by atoms with Crippen LogP contribution in [-0.4, -0.2) is 73.7 Å². The molecule has 0 radical (unpaired) electrons. The van der Waals surface area contributed by atoms with Gasteiger partial charge in [0.05, 0.1) is 0 Å². The molecule has 35 heavy (non-hydrogen) atoms. The maximum atomic E-state index is 14.4. The molecule has 13 heteroatoms. The number of hydrogen-bond donors (Lipinski definition) is 0. The second-order valence-electron chi connectivity index (χ2n) is 9.25. The van der Waals surface area contributed by atoms with Gasteiger partial charge in [-0.25, -0.2) is 22.2 Å². The lowest BCUT2D eigenvalue weighted by molar-refractivity contribution is -0.135. The van der Waals surface area contributed by atoms with Crippen molar-refractivity contribution in [2.75, 3.05) is 37.9 Å². The molecular formula is C22H28F2N4O5S2. The second-order valence-corrected chi connectivity index (χ2v) is 12.0. The molecule has 0 unspecified atom stereocenters. The van der Waals surface area contributed by atoms with Crippen LogP contribution in [-0.2, 0) is 25.0 Å². The predicted octanol–water partition coefficient (Wildman–Crippen LogP) is 2.75. The summed E-state index contributed by atoms with van der Waals surface area (Å²) in [7, 11) is -2.31. The summed E-state index contributed by atoms with van der Waals surface area (Å²) < 4.78 is 67.1. The molecule has 2 aromatic rings. The molecule has 2 aliphatic heterocycles. The first-order chi connectivity index (χ1) is 16.4. The fraction of sp³-hybridized carbons (Fsp3) is 0.591. The van der Waals surface area contributed by atoms with Gasteiger partial charge in [-0.1, -0.05) is 0 Å². The normalized spacial score (nSPS) is 20.1. The minimum Gasteiger partial charge on any atom is -0.477 e. The van der Waals surface area contributed by atoms with Gasteiger partial charge < -0.3 is 19.3 Å². The lowest BCUT2D eigenvalue weighted by Gasteiger charge is -2.36. The van der Waals surface area contributed by atoms with Crippen molar-refractivity contribution in [1.29, 1.82) is 0 Å². The zero-order valence-electron chi connectivity index (χ0n) is 20.0. The van der Waals surface area contributed by atoms with E-state index < -0.39 is 43.8 Å². The molecule has 1 amide bonds. The first-order valence-corrected chi connectivity index (χ1v) is 13.9. The van der Waals surface area contributed by atoms with Gasteiger partial charge >= 0.3 is 0 Å². The molecule has 4 rings (SSSR count). The average Bonchev–Trinajstić information content (AvgIpc) is 3.44. The third-order valence-electron chi connectivity index (χ3n) is 6.49. The Morgan fingerprint density at radius 3 is 2.43 bits per heavy atom. The monoisotopic (exact) mass is 530 g/mol. The SMILES string of the molecule is COC(C)(C)c1nsc(N2CCC(N3CC[C@H](Oc4cc(F)c(S(C)(=O)=O)cc4F)C3=O)CC2)n1. The number of hydrogen-bond acceptors (Lipinski definition) is 9. The number of carbonyl (C=O) groups excluding carboxylic acids is 1. The fourth-order valence-electron chi connectivity index (χ4n) is 4.23. The van der Waals surface area contributed by atoms with Gasteiger partial charge in [0.25, 0.3) is 5.91 Å². The number of rotatable bonds is 7. The molecule has 192 valence electrons. The Balaban J connectivity index is 1.37. The van der Waals surface area contributed by atoms with Gasteiger partial charge in [-0.05, 0) is 32.8 Å². The smallest absolute Gasteiger partial charge is 0.263 e. The van der Waals surface area contributed by atoms with E-state index in [0.29, 0.717) is 44.0 Å². The lowest BCUT2D eigenvalue weighted by Crippen LogP contribution is -2.47. The van der Waals surface area contributed by atoms with Crippen LogP contribution in [0.3, 0.4) is 0 Å². The Bertz CT molecular complexity index is 1210. The van der Waals surface area contributed by atoms with E-state index in [1.807, 2.05) is 13.8 Å². The highest BCUT2D eigenvalue weighted by Gasteiger charge is 2.39. The molecular weight excluding hydrogens is 502 g/mol. The number of carbonyl (C=O) groups is 1. The van der Waals surface area contributed by atoms with Gasteiger partial charge in [-0.3, -0.25) is 4.79 Å². The largest absolute Gasteiger partial charge is 0.477 e. The molecule has 2 saturated heterocycles. The number of nitrogens with zero attached hydrogens (tertiary/aromatic N) is 4. The standard InChI is InChI=1S/C22H28F2N4O5S2/c1-22(2,32-3)20-25-21(34-26-20)27-8-5-13(6-9-27)28-10-7-16(19(28)29)33-17-11-15(24)18(12-14(17)23)35(4,30)31/h11-13,16H,5-10H2,1-4H3/t16-/m0/s1. The molecule has 0 saturated carbocycles. The predicted molar refractivity (Wildman–Crippen MR) is 125 cm³/mol. The number of ether oxygens (including phenoxy) is 2. The van der Waals surface area contributed by atoms with Crippen LogP contribution in [0.5, 0.6) is 5.75 Å². The van der Waals surface area contributed by atoms with Crippen LogP contribution in [0.2, 0.25) is 0 Å². The molecule has 9 nitrogen and oxygen atoms in total. The van der Waals surface area contributed by atoms with Crippen molar-refractivity contribution in [3.8, 4) is 5.75 Å². The first-order valence-electron chi connectivity index (χ1n) is 11.2. The Morgan fingerprint density at radius 1 is 1.11 bits per heavy atom. The van der Waals surface area contributed by atoms with Gasteiger partial charge in [-0.15, -0.1) is 0 Å². The highest BCUT2D eigenvalue weighted by atomic mass is 32.2. The van der Waals surface area contributed by atoms with E-state index in [9.17, 15) is 22.0 Å². The number of benzene rings is 1. The average molecular weight is 531 g/mol. The number of aromatic nitrogens is 2. The van der Waals surface area contributed by atoms with Gasteiger partial charge in [0.2, 0.25) is 5.13 Å². The van der Waals surface area contributed by atoms with Crippen molar-refractivity contribution in [1.82, 2.24) is 14.3 Å². The molecule has 0 bridgehead atoms. The zero-order chi connectivity index (χ0) is 25.5. The summed E-state index contributed by atoms with van der Waals surface area (Å²) in [6, 6.07) is 1.27. The molecule has 2 fully saturated rings. The van der Waals surface area contributed by atoms with E-state index >= 15 is 0 Å². The second kappa shape index (κ2) is 9.58. The fourth-order valence-corrected chi connectivity index (χ4v) is 5.82. The summed E-state index contributed by atoms with van der Waals surface area (Å²) in [5.41, 5.74) is -0.572. The van der Waals surface area contributed by atoms with Crippen LogP contribution in [0, 0.1) is 11.6 Å². The number of methoxy groups -OCH3 is 1. The Hall–Kier alpha value is -2.38. The van der Waals surface area contributed by atoms with Crippen molar-refractivity contribution >= 4 is 32.4 Å². The van der Waals surface area contributed by atoms with E-state index in [1.54, 1.807) is 12.0 Å². The molecule has 0 N–H and O–H groups in total. The third-order valence-corrected chi connectivity index (χ3v) is 8.37. The Kier molecular flexibility index (Phi) is 7.04. The molecule has 1 aromatic heterocycles. The highest BCUT2D eigenvalue weighted by molar-refractivity contribution is 7.90. The van der Waals surface area contributed by atoms with Crippen molar-refractivity contribution in [3.05, 3.63) is 29.6 Å². The molecule has 0 aliphatic carbocycles. The topological polar surface area (TPSA) is 102 Å². The molecule has 0 spiro atoms.